The van der Waals surface area contributed by atoms with Crippen LogP contribution in [-0.4, -0.2) is 40.7 Å². The van der Waals surface area contributed by atoms with Gasteiger partial charge in [0.15, 0.2) is 0 Å². The summed E-state index contributed by atoms with van der Waals surface area (Å²) in [5.74, 6) is -0.557. The van der Waals surface area contributed by atoms with Crippen LogP contribution in [0, 0.1) is 20.2 Å². The molecule has 0 saturated carbocycles. The van der Waals surface area contributed by atoms with Gasteiger partial charge >= 0.3 is 0 Å². The van der Waals surface area contributed by atoms with Gasteiger partial charge in [0.2, 0.25) is 17.7 Å². The number of carbonyl (C=O) groups excluding carboxylic acids is 3. The van der Waals surface area contributed by atoms with Crippen LogP contribution in [0.1, 0.15) is 59.6 Å². The molecule has 3 N–H and O–H groups in total. The lowest BCUT2D eigenvalue weighted by Crippen LogP contribution is -2.35. The fraction of sp³-hybridized carbons (Fsp3) is 0.423. The van der Waals surface area contributed by atoms with Crippen molar-refractivity contribution < 1.29 is 24.2 Å². The molecule has 0 bridgehead atoms. The largest absolute Gasteiger partial charge is 0.393 e. The number of hydrogen-bond acceptors (Lipinski definition) is 8. The van der Waals surface area contributed by atoms with E-state index in [-0.39, 0.29) is 34.6 Å². The first-order valence-electron chi connectivity index (χ1n) is 12.3. The number of nitrogen functional groups attached to an aromatic ring is 1. The quantitative estimate of drug-likeness (QED) is 0.324. The highest BCUT2D eigenvalue weighted by atomic mass is 16.6. The van der Waals surface area contributed by atoms with E-state index in [1.54, 1.807) is 37.5 Å². The van der Waals surface area contributed by atoms with Crippen LogP contribution < -0.4 is 20.9 Å². The Morgan fingerprint density at radius 2 is 1.26 bits per heavy atom. The van der Waals surface area contributed by atoms with Gasteiger partial charge in [0.05, 0.1) is 32.1 Å². The zero-order valence-corrected chi connectivity index (χ0v) is 22.9. The second-order valence-electron chi connectivity index (χ2n) is 10.4. The maximum atomic E-state index is 12.4. The smallest absolute Gasteiger partial charge is 0.293 e. The van der Waals surface area contributed by atoms with E-state index < -0.39 is 26.6 Å². The van der Waals surface area contributed by atoms with Crippen LogP contribution in [0.15, 0.2) is 24.3 Å². The molecule has 0 aliphatic carbocycles. The van der Waals surface area contributed by atoms with Crippen molar-refractivity contribution in [2.45, 2.75) is 59.3 Å². The molecule has 2 aromatic carbocycles. The van der Waals surface area contributed by atoms with Crippen molar-refractivity contribution in [3.8, 4) is 0 Å². The number of nitrogens with two attached hydrogens (primary N) is 1. The van der Waals surface area contributed by atoms with Crippen LogP contribution in [0.25, 0.3) is 0 Å². The fourth-order valence-electron chi connectivity index (χ4n) is 4.97. The van der Waals surface area contributed by atoms with E-state index in [2.05, 4.69) is 5.32 Å². The molecule has 2 aromatic rings. The van der Waals surface area contributed by atoms with Crippen LogP contribution in [0.4, 0.5) is 34.1 Å². The van der Waals surface area contributed by atoms with E-state index in [0.717, 1.165) is 0 Å². The SMILES string of the molecule is CCN1C(=O)C(C)(C)c2cc([N+](=O)[O-])c(N)cc21.CCN1C(=O)C(C)(C)c2cc([N+](=O)[O-])c(NC(C)=O)cc21. The van der Waals surface area contributed by atoms with E-state index >= 15 is 0 Å². The molecule has 2 aliphatic rings. The average molecular weight is 541 g/mol. The normalized spacial score (nSPS) is 16.3. The third-order valence-corrected chi connectivity index (χ3v) is 7.08. The lowest BCUT2D eigenvalue weighted by molar-refractivity contribution is -0.384. The van der Waals surface area contributed by atoms with Gasteiger partial charge in [-0.2, -0.15) is 0 Å². The summed E-state index contributed by atoms with van der Waals surface area (Å²) in [7, 11) is 0. The zero-order valence-electron chi connectivity index (χ0n) is 22.9. The summed E-state index contributed by atoms with van der Waals surface area (Å²) in [4.78, 5) is 60.0. The van der Waals surface area contributed by atoms with Gasteiger partial charge in [-0.1, -0.05) is 0 Å². The number of fused-ring (bicyclic) bond motifs is 2. The highest BCUT2D eigenvalue weighted by Crippen LogP contribution is 2.46. The Balaban J connectivity index is 0.000000218. The van der Waals surface area contributed by atoms with Gasteiger partial charge in [-0.25, -0.2) is 0 Å². The maximum Gasteiger partial charge on any atom is 0.293 e. The molecule has 0 atom stereocenters. The Bertz CT molecular complexity index is 1420. The Labute approximate surface area is 225 Å². The molecule has 13 heteroatoms. The number of hydrogen-bond donors (Lipinski definition) is 2. The summed E-state index contributed by atoms with van der Waals surface area (Å²) in [6.45, 7) is 13.0. The number of nitro benzene ring substituents is 2. The predicted molar refractivity (Wildman–Crippen MR) is 147 cm³/mol. The molecule has 4 rings (SSSR count). The van der Waals surface area contributed by atoms with Gasteiger partial charge in [-0.05, 0) is 64.8 Å². The highest BCUT2D eigenvalue weighted by molar-refractivity contribution is 6.09. The summed E-state index contributed by atoms with van der Waals surface area (Å²) in [5.41, 5.74) is 6.50. The minimum Gasteiger partial charge on any atom is -0.393 e. The number of nitrogens with zero attached hydrogens (tertiary/aromatic N) is 4. The summed E-state index contributed by atoms with van der Waals surface area (Å²) in [6.07, 6.45) is 0. The second kappa shape index (κ2) is 9.97. The molecule has 0 fully saturated rings. The Morgan fingerprint density at radius 3 is 1.64 bits per heavy atom. The number of carbonyl (C=O) groups is 3. The summed E-state index contributed by atoms with van der Waals surface area (Å²) >= 11 is 0. The first-order valence-corrected chi connectivity index (χ1v) is 12.3. The highest BCUT2D eigenvalue weighted by Gasteiger charge is 2.46. The first-order chi connectivity index (χ1) is 18.0. The Kier molecular flexibility index (Phi) is 7.41. The van der Waals surface area contributed by atoms with Crippen LogP contribution in [-0.2, 0) is 25.2 Å². The molecular weight excluding hydrogens is 508 g/mol. The Hall–Kier alpha value is -4.55. The van der Waals surface area contributed by atoms with Gasteiger partial charge in [0.1, 0.15) is 11.4 Å². The molecule has 0 aromatic heterocycles. The number of benzene rings is 2. The Morgan fingerprint density at radius 1 is 0.846 bits per heavy atom. The van der Waals surface area contributed by atoms with E-state index in [1.165, 1.54) is 31.2 Å². The van der Waals surface area contributed by atoms with E-state index in [9.17, 15) is 34.6 Å². The van der Waals surface area contributed by atoms with E-state index in [1.807, 2.05) is 13.8 Å². The van der Waals surface area contributed by atoms with Crippen LogP contribution in [0.2, 0.25) is 0 Å². The van der Waals surface area contributed by atoms with Crippen molar-refractivity contribution >= 4 is 51.8 Å². The third kappa shape index (κ3) is 4.75. The van der Waals surface area contributed by atoms with Crippen molar-refractivity contribution in [2.24, 2.45) is 0 Å². The monoisotopic (exact) mass is 540 g/mol. The molecule has 39 heavy (non-hydrogen) atoms. The lowest BCUT2D eigenvalue weighted by atomic mass is 9.86. The predicted octanol–water partition coefficient (Wildman–Crippen LogP) is 4.02. The van der Waals surface area contributed by atoms with Crippen LogP contribution in [0.3, 0.4) is 0 Å². The number of anilines is 4. The minimum absolute atomic E-state index is 0.0557. The van der Waals surface area contributed by atoms with Crippen molar-refractivity contribution in [2.75, 3.05) is 33.9 Å². The van der Waals surface area contributed by atoms with Gasteiger partial charge in [0, 0.05) is 32.1 Å². The minimum atomic E-state index is -0.815. The molecule has 2 aliphatic heterocycles. The first kappa shape index (κ1) is 29.0. The molecule has 2 heterocycles. The van der Waals surface area contributed by atoms with Crippen LogP contribution in [0.5, 0.6) is 0 Å². The topological polar surface area (TPSA) is 182 Å². The summed E-state index contributed by atoms with van der Waals surface area (Å²) in [6, 6.07) is 5.82. The molecule has 0 unspecified atom stereocenters. The molecule has 13 nitrogen and oxygen atoms in total. The molecular formula is C26H32N6O7. The van der Waals surface area contributed by atoms with E-state index in [4.69, 9.17) is 5.73 Å². The molecule has 0 spiro atoms. The van der Waals surface area contributed by atoms with E-state index in [0.29, 0.717) is 35.6 Å². The van der Waals surface area contributed by atoms with Crippen molar-refractivity contribution in [1.29, 1.82) is 0 Å². The van der Waals surface area contributed by atoms with Crippen molar-refractivity contribution in [3.05, 3.63) is 55.6 Å². The van der Waals surface area contributed by atoms with Crippen molar-refractivity contribution in [3.63, 3.8) is 0 Å². The molecule has 0 radical (unpaired) electrons. The number of nitro groups is 2. The molecule has 208 valence electrons. The second-order valence-corrected chi connectivity index (χ2v) is 10.4. The maximum absolute atomic E-state index is 12.4. The standard InChI is InChI=1S/C14H17N3O4.C12H15N3O3/c1-5-16-11-7-10(15-8(2)18)12(17(20)21)6-9(11)14(3,4)13(16)19;1-4-14-9-6-8(13)10(15(17)18)5-7(9)12(2,3)11(14)16/h6-7H,5H2,1-4H3,(H,15,18);5-6H,4,13H2,1-3H3. The lowest BCUT2D eigenvalue weighted by Gasteiger charge is -2.18. The number of nitrogens with one attached hydrogen (secondary N) is 1. The number of likely N-dealkylation sites (N-methyl/N-ethyl adjacent to an activating group) is 2. The molecule has 0 saturated heterocycles. The summed E-state index contributed by atoms with van der Waals surface area (Å²) < 4.78 is 0. The van der Waals surface area contributed by atoms with Crippen LogP contribution >= 0.6 is 0 Å². The van der Waals surface area contributed by atoms with Gasteiger partial charge in [0.25, 0.3) is 11.4 Å². The zero-order chi connectivity index (χ0) is 29.6. The van der Waals surface area contributed by atoms with Gasteiger partial charge < -0.3 is 20.9 Å². The fourth-order valence-corrected chi connectivity index (χ4v) is 4.97. The third-order valence-electron chi connectivity index (χ3n) is 7.08. The van der Waals surface area contributed by atoms with Gasteiger partial charge in [-0.15, -0.1) is 0 Å². The average Bonchev–Trinajstić information content (AvgIpc) is 3.14. The van der Waals surface area contributed by atoms with Gasteiger partial charge in [-0.3, -0.25) is 34.6 Å². The number of rotatable bonds is 5. The molecule has 3 amide bonds. The summed E-state index contributed by atoms with van der Waals surface area (Å²) in [5, 5.41) is 24.5. The van der Waals surface area contributed by atoms with Crippen molar-refractivity contribution in [1.82, 2.24) is 0 Å². The number of amides is 3.